The maximum atomic E-state index is 11.4. The van der Waals surface area contributed by atoms with Crippen LogP contribution < -0.4 is 0 Å². The molecule has 1 aliphatic rings. The molecule has 76 valence electrons. The fourth-order valence-corrected chi connectivity index (χ4v) is 1.11. The zero-order valence-electron chi connectivity index (χ0n) is 8.44. The number of hydrogen-bond donors (Lipinski definition) is 1. The van der Waals surface area contributed by atoms with Crippen LogP contribution in [0.3, 0.4) is 0 Å². The van der Waals surface area contributed by atoms with Gasteiger partial charge in [-0.15, -0.1) is 0 Å². The van der Waals surface area contributed by atoms with Gasteiger partial charge in [-0.2, -0.15) is 0 Å². The number of carbonyl (C=O) groups excluding carboxylic acids is 2. The van der Waals surface area contributed by atoms with E-state index < -0.39 is 11.5 Å². The van der Waals surface area contributed by atoms with Crippen molar-refractivity contribution in [3.05, 3.63) is 23.6 Å². The van der Waals surface area contributed by atoms with Crippen molar-refractivity contribution in [2.75, 3.05) is 7.05 Å². The standard InChI is InChI=1S/C10H13NO3/c1-6(2)11(3)8-4-7(12)5-9(13)10(8)14/h4-6,13H,1-3H3. The summed E-state index contributed by atoms with van der Waals surface area (Å²) < 4.78 is 0. The topological polar surface area (TPSA) is 57.6 Å². The van der Waals surface area contributed by atoms with E-state index in [1.54, 1.807) is 11.9 Å². The van der Waals surface area contributed by atoms with Crippen molar-refractivity contribution in [1.29, 1.82) is 0 Å². The number of ketones is 2. The van der Waals surface area contributed by atoms with Crippen molar-refractivity contribution >= 4 is 11.6 Å². The Hall–Kier alpha value is -1.58. The van der Waals surface area contributed by atoms with Gasteiger partial charge < -0.3 is 10.0 Å². The van der Waals surface area contributed by atoms with Gasteiger partial charge in [0.1, 0.15) is 0 Å². The molecule has 0 fully saturated rings. The van der Waals surface area contributed by atoms with Gasteiger partial charge in [0.05, 0.1) is 5.70 Å². The zero-order valence-corrected chi connectivity index (χ0v) is 8.44. The van der Waals surface area contributed by atoms with Crippen molar-refractivity contribution in [3.63, 3.8) is 0 Å². The quantitative estimate of drug-likeness (QED) is 0.662. The van der Waals surface area contributed by atoms with Crippen LogP contribution in [-0.2, 0) is 9.59 Å². The first-order valence-corrected chi connectivity index (χ1v) is 4.37. The Morgan fingerprint density at radius 1 is 1.29 bits per heavy atom. The normalized spacial score (nSPS) is 16.9. The predicted molar refractivity (Wildman–Crippen MR) is 51.7 cm³/mol. The first-order valence-electron chi connectivity index (χ1n) is 4.37. The number of carbonyl (C=O) groups is 2. The number of rotatable bonds is 2. The highest BCUT2D eigenvalue weighted by atomic mass is 16.3. The lowest BCUT2D eigenvalue weighted by Crippen LogP contribution is -2.32. The van der Waals surface area contributed by atoms with Crippen molar-refractivity contribution in [3.8, 4) is 0 Å². The Morgan fingerprint density at radius 2 is 1.86 bits per heavy atom. The third-order valence-electron chi connectivity index (χ3n) is 2.18. The second kappa shape index (κ2) is 3.65. The summed E-state index contributed by atoms with van der Waals surface area (Å²) in [5, 5.41) is 9.17. The summed E-state index contributed by atoms with van der Waals surface area (Å²) in [6.07, 6.45) is 2.17. The number of aliphatic hydroxyl groups is 1. The van der Waals surface area contributed by atoms with E-state index in [1.165, 1.54) is 6.08 Å². The Kier molecular flexibility index (Phi) is 2.74. The van der Waals surface area contributed by atoms with E-state index in [9.17, 15) is 14.7 Å². The van der Waals surface area contributed by atoms with Gasteiger partial charge in [0.15, 0.2) is 11.5 Å². The molecule has 14 heavy (non-hydrogen) atoms. The van der Waals surface area contributed by atoms with E-state index in [4.69, 9.17) is 0 Å². The van der Waals surface area contributed by atoms with Crippen LogP contribution in [0.5, 0.6) is 0 Å². The van der Waals surface area contributed by atoms with E-state index in [-0.39, 0.29) is 17.5 Å². The zero-order chi connectivity index (χ0) is 10.9. The average molecular weight is 195 g/mol. The molecule has 0 unspecified atom stereocenters. The molecule has 0 atom stereocenters. The van der Waals surface area contributed by atoms with Crippen LogP contribution in [-0.4, -0.2) is 34.7 Å². The van der Waals surface area contributed by atoms with Crippen LogP contribution in [0.25, 0.3) is 0 Å². The molecule has 0 aromatic heterocycles. The molecule has 1 aliphatic carbocycles. The molecule has 0 aliphatic heterocycles. The van der Waals surface area contributed by atoms with Crippen LogP contribution in [0.4, 0.5) is 0 Å². The molecule has 0 spiro atoms. The van der Waals surface area contributed by atoms with Gasteiger partial charge in [-0.05, 0) is 13.8 Å². The summed E-state index contributed by atoms with van der Waals surface area (Å²) in [6, 6.07) is 0.101. The van der Waals surface area contributed by atoms with Gasteiger partial charge in [0, 0.05) is 25.2 Å². The third-order valence-corrected chi connectivity index (χ3v) is 2.18. The van der Waals surface area contributed by atoms with E-state index in [2.05, 4.69) is 0 Å². The minimum absolute atomic E-state index is 0.101. The summed E-state index contributed by atoms with van der Waals surface area (Å²) in [5.74, 6) is -1.34. The minimum atomic E-state index is -0.499. The lowest BCUT2D eigenvalue weighted by Gasteiger charge is -2.26. The fourth-order valence-electron chi connectivity index (χ4n) is 1.11. The van der Waals surface area contributed by atoms with E-state index in [1.807, 2.05) is 13.8 Å². The van der Waals surface area contributed by atoms with Gasteiger partial charge in [0.2, 0.25) is 5.78 Å². The third kappa shape index (κ3) is 1.84. The predicted octanol–water partition coefficient (Wildman–Crippen LogP) is 0.804. The highest BCUT2D eigenvalue weighted by molar-refractivity contribution is 6.18. The number of allylic oxidation sites excluding steroid dienone is 2. The minimum Gasteiger partial charge on any atom is -0.504 e. The van der Waals surface area contributed by atoms with Gasteiger partial charge in [-0.3, -0.25) is 9.59 Å². The number of Topliss-reactive ketones (excluding diaryl/α,β-unsaturated/α-hetero) is 1. The molecule has 0 radical (unpaired) electrons. The molecule has 0 amide bonds. The molecule has 0 bridgehead atoms. The lowest BCUT2D eigenvalue weighted by atomic mass is 10.1. The summed E-state index contributed by atoms with van der Waals surface area (Å²) in [4.78, 5) is 24.2. The fraction of sp³-hybridized carbons (Fsp3) is 0.400. The molecular weight excluding hydrogens is 182 g/mol. The summed E-state index contributed by atoms with van der Waals surface area (Å²) >= 11 is 0. The van der Waals surface area contributed by atoms with E-state index in [0.29, 0.717) is 0 Å². The van der Waals surface area contributed by atoms with Crippen LogP contribution >= 0.6 is 0 Å². The van der Waals surface area contributed by atoms with Gasteiger partial charge in [-0.1, -0.05) is 0 Å². The highest BCUT2D eigenvalue weighted by Crippen LogP contribution is 2.15. The largest absolute Gasteiger partial charge is 0.504 e. The van der Waals surface area contributed by atoms with Crippen LogP contribution in [0.1, 0.15) is 13.8 Å². The first kappa shape index (κ1) is 10.5. The van der Waals surface area contributed by atoms with E-state index in [0.717, 1.165) is 6.08 Å². The number of hydrogen-bond acceptors (Lipinski definition) is 4. The summed E-state index contributed by atoms with van der Waals surface area (Å²) in [6.45, 7) is 3.79. The van der Waals surface area contributed by atoms with Gasteiger partial charge in [0.25, 0.3) is 0 Å². The molecule has 4 nitrogen and oxygen atoms in total. The summed E-state index contributed by atoms with van der Waals surface area (Å²) in [5.41, 5.74) is 0.241. The van der Waals surface area contributed by atoms with Crippen molar-refractivity contribution < 1.29 is 14.7 Å². The van der Waals surface area contributed by atoms with E-state index >= 15 is 0 Å². The van der Waals surface area contributed by atoms with Crippen LogP contribution in [0.2, 0.25) is 0 Å². The second-order valence-electron chi connectivity index (χ2n) is 3.50. The van der Waals surface area contributed by atoms with Crippen LogP contribution in [0, 0.1) is 0 Å². The molecule has 1 N–H and O–H groups in total. The Bertz CT molecular complexity index is 339. The smallest absolute Gasteiger partial charge is 0.243 e. The van der Waals surface area contributed by atoms with Gasteiger partial charge >= 0.3 is 0 Å². The van der Waals surface area contributed by atoms with Crippen molar-refractivity contribution in [2.24, 2.45) is 0 Å². The number of aliphatic hydroxyl groups excluding tert-OH is 1. The molecular formula is C10H13NO3. The maximum Gasteiger partial charge on any atom is 0.243 e. The van der Waals surface area contributed by atoms with Crippen LogP contribution in [0.15, 0.2) is 23.6 Å². The van der Waals surface area contributed by atoms with Gasteiger partial charge in [-0.25, -0.2) is 0 Å². The first-order chi connectivity index (χ1) is 6.43. The Morgan fingerprint density at radius 3 is 2.36 bits per heavy atom. The average Bonchev–Trinajstić information content (AvgIpc) is 2.09. The molecule has 0 saturated carbocycles. The second-order valence-corrected chi connectivity index (χ2v) is 3.50. The molecule has 0 saturated heterocycles. The Labute approximate surface area is 82.5 Å². The maximum absolute atomic E-state index is 11.4. The molecule has 0 aromatic carbocycles. The molecule has 0 heterocycles. The number of likely N-dealkylation sites (N-methyl/N-ethyl adjacent to an activating group) is 1. The van der Waals surface area contributed by atoms with Crippen molar-refractivity contribution in [2.45, 2.75) is 19.9 Å². The van der Waals surface area contributed by atoms with Crippen molar-refractivity contribution in [1.82, 2.24) is 4.90 Å². The monoisotopic (exact) mass is 195 g/mol. The molecule has 4 heteroatoms. The number of nitrogens with zero attached hydrogens (tertiary/aromatic N) is 1. The molecule has 0 aromatic rings. The Balaban J connectivity index is 3.00. The SMILES string of the molecule is CC(C)N(C)C1=CC(=O)C=C(O)C1=O. The highest BCUT2D eigenvalue weighted by Gasteiger charge is 2.24. The lowest BCUT2D eigenvalue weighted by molar-refractivity contribution is -0.118. The summed E-state index contributed by atoms with van der Waals surface area (Å²) in [7, 11) is 1.71. The molecule has 1 rings (SSSR count).